The SMILES string of the molecule is CC(=O)O.CC(=O)O.N=C(N)N1C[C@H](CCCB(O)O)[C@](N)(C(=O)O)C1. The Bertz CT molecular complexity index is 485. The molecule has 10 N–H and O–H groups in total. The largest absolute Gasteiger partial charge is 0.481 e. The molecule has 13 heteroatoms. The van der Waals surface area contributed by atoms with Gasteiger partial charge in [0.15, 0.2) is 5.96 Å². The summed E-state index contributed by atoms with van der Waals surface area (Å²) in [4.78, 5) is 30.7. The molecule has 0 radical (unpaired) electrons. The summed E-state index contributed by atoms with van der Waals surface area (Å²) in [5, 5.41) is 48.8. The van der Waals surface area contributed by atoms with Gasteiger partial charge >= 0.3 is 13.1 Å². The average Bonchev–Trinajstić information content (AvgIpc) is 2.76. The van der Waals surface area contributed by atoms with Crippen LogP contribution in [0.2, 0.25) is 6.32 Å². The lowest BCUT2D eigenvalue weighted by molar-refractivity contribution is -0.144. The third-order valence-corrected chi connectivity index (χ3v) is 3.38. The van der Waals surface area contributed by atoms with Crippen LogP contribution < -0.4 is 11.5 Å². The van der Waals surface area contributed by atoms with Gasteiger partial charge in [0.05, 0.1) is 0 Å². The fourth-order valence-electron chi connectivity index (χ4n) is 2.26. The Balaban J connectivity index is 0. The van der Waals surface area contributed by atoms with Crippen molar-refractivity contribution in [2.45, 2.75) is 38.5 Å². The Morgan fingerprint density at radius 1 is 1.19 bits per heavy atom. The van der Waals surface area contributed by atoms with Crippen LogP contribution in [0, 0.1) is 11.3 Å². The first-order valence-corrected chi connectivity index (χ1v) is 7.60. The average molecular weight is 378 g/mol. The molecule has 26 heavy (non-hydrogen) atoms. The molecular weight excluding hydrogens is 351 g/mol. The highest BCUT2D eigenvalue weighted by molar-refractivity contribution is 6.40. The summed E-state index contributed by atoms with van der Waals surface area (Å²) in [7, 11) is -1.40. The number of likely N-dealkylation sites (tertiary alicyclic amines) is 1. The van der Waals surface area contributed by atoms with Crippen LogP contribution in [-0.4, -0.2) is 79.9 Å². The van der Waals surface area contributed by atoms with Gasteiger partial charge in [-0.15, -0.1) is 0 Å². The standard InChI is InChI=1S/C9H19BN4O4.2C2H4O2/c11-8(12)14-4-6(2-1-3-10(17)18)9(13,5-14)7(15)16;2*1-2(3)4/h6,17-18H,1-5,13H2,(H3,11,12)(H,15,16);2*1H3,(H,3,4)/t6-,9-;;/m0../s1. The molecule has 1 fully saturated rings. The first kappa shape index (κ1) is 25.9. The highest BCUT2D eigenvalue weighted by Gasteiger charge is 2.49. The predicted molar refractivity (Wildman–Crippen MR) is 92.4 cm³/mol. The molecule has 1 aliphatic heterocycles. The van der Waals surface area contributed by atoms with Gasteiger partial charge in [-0.2, -0.15) is 0 Å². The number of aliphatic carboxylic acids is 3. The second kappa shape index (κ2) is 12.1. The topological polar surface area (TPSA) is 231 Å². The van der Waals surface area contributed by atoms with Crippen molar-refractivity contribution in [3.63, 3.8) is 0 Å². The molecule has 0 unspecified atom stereocenters. The van der Waals surface area contributed by atoms with Crippen molar-refractivity contribution >= 4 is 31.0 Å². The molecule has 0 bridgehead atoms. The second-order valence-corrected chi connectivity index (χ2v) is 5.76. The molecule has 0 aromatic heterocycles. The van der Waals surface area contributed by atoms with E-state index in [-0.39, 0.29) is 24.7 Å². The van der Waals surface area contributed by atoms with Crippen molar-refractivity contribution < 1.29 is 39.8 Å². The normalized spacial score (nSPS) is 20.8. The van der Waals surface area contributed by atoms with Crippen molar-refractivity contribution in [3.8, 4) is 0 Å². The minimum Gasteiger partial charge on any atom is -0.481 e. The van der Waals surface area contributed by atoms with Crippen LogP contribution in [0.4, 0.5) is 0 Å². The zero-order valence-corrected chi connectivity index (χ0v) is 14.8. The molecule has 1 aliphatic rings. The van der Waals surface area contributed by atoms with Crippen molar-refractivity contribution in [1.82, 2.24) is 4.90 Å². The number of rotatable bonds is 5. The Labute approximate surface area is 151 Å². The maximum absolute atomic E-state index is 11.2. The molecule has 12 nitrogen and oxygen atoms in total. The lowest BCUT2D eigenvalue weighted by Crippen LogP contribution is -2.55. The van der Waals surface area contributed by atoms with E-state index in [1.165, 1.54) is 4.90 Å². The van der Waals surface area contributed by atoms with Gasteiger partial charge in [-0.3, -0.25) is 19.8 Å². The van der Waals surface area contributed by atoms with Crippen molar-refractivity contribution in [1.29, 1.82) is 5.41 Å². The molecule has 0 aromatic rings. The Morgan fingerprint density at radius 2 is 1.62 bits per heavy atom. The van der Waals surface area contributed by atoms with Crippen LogP contribution in [0.15, 0.2) is 0 Å². The van der Waals surface area contributed by atoms with Gasteiger partial charge in [-0.1, -0.05) is 6.42 Å². The molecular formula is C13H27BN4O8. The van der Waals surface area contributed by atoms with E-state index < -0.39 is 30.6 Å². The molecule has 0 saturated carbocycles. The Kier molecular flexibility index (Phi) is 12.0. The van der Waals surface area contributed by atoms with Crippen LogP contribution in [-0.2, 0) is 14.4 Å². The molecule has 1 rings (SSSR count). The van der Waals surface area contributed by atoms with Crippen LogP contribution in [0.1, 0.15) is 26.7 Å². The van der Waals surface area contributed by atoms with Crippen LogP contribution in [0.25, 0.3) is 0 Å². The van der Waals surface area contributed by atoms with Gasteiger partial charge in [0, 0.05) is 32.9 Å². The molecule has 0 spiro atoms. The zero-order valence-electron chi connectivity index (χ0n) is 14.8. The number of guanidine groups is 1. The molecule has 0 aromatic carbocycles. The highest BCUT2D eigenvalue weighted by atomic mass is 16.4. The molecule has 1 saturated heterocycles. The quantitative estimate of drug-likeness (QED) is 0.148. The van der Waals surface area contributed by atoms with Gasteiger partial charge in [-0.05, 0) is 12.7 Å². The number of hydrogen-bond donors (Lipinski definition) is 8. The number of hydrogen-bond acceptors (Lipinski definition) is 7. The minimum atomic E-state index is -1.44. The van der Waals surface area contributed by atoms with E-state index >= 15 is 0 Å². The molecule has 150 valence electrons. The minimum absolute atomic E-state index is 0.00398. The van der Waals surface area contributed by atoms with E-state index in [0.29, 0.717) is 19.4 Å². The highest BCUT2D eigenvalue weighted by Crippen LogP contribution is 2.30. The molecule has 0 amide bonds. The van der Waals surface area contributed by atoms with E-state index in [1.54, 1.807) is 0 Å². The number of carboxylic acid groups (broad SMARTS) is 3. The first-order valence-electron chi connectivity index (χ1n) is 7.60. The first-order chi connectivity index (χ1) is 11.7. The van der Waals surface area contributed by atoms with Crippen LogP contribution in [0.3, 0.4) is 0 Å². The molecule has 0 aliphatic carbocycles. The summed E-state index contributed by atoms with van der Waals surface area (Å²) < 4.78 is 0. The Morgan fingerprint density at radius 3 is 1.92 bits per heavy atom. The maximum Gasteiger partial charge on any atom is 0.451 e. The summed E-state index contributed by atoms with van der Waals surface area (Å²) >= 11 is 0. The lowest BCUT2D eigenvalue weighted by Gasteiger charge is -2.25. The van der Waals surface area contributed by atoms with E-state index in [4.69, 9.17) is 46.7 Å². The van der Waals surface area contributed by atoms with E-state index in [1.807, 2.05) is 0 Å². The van der Waals surface area contributed by atoms with Crippen molar-refractivity contribution in [2.75, 3.05) is 13.1 Å². The van der Waals surface area contributed by atoms with Gasteiger partial charge < -0.3 is 41.7 Å². The van der Waals surface area contributed by atoms with Crippen molar-refractivity contribution in [2.24, 2.45) is 17.4 Å². The molecule has 2 atom stereocenters. The number of carbonyl (C=O) groups is 3. The molecule has 1 heterocycles. The Hall–Kier alpha value is -2.38. The monoisotopic (exact) mass is 378 g/mol. The summed E-state index contributed by atoms with van der Waals surface area (Å²) in [6, 6.07) is 0. The van der Waals surface area contributed by atoms with Gasteiger partial charge in [0.25, 0.3) is 11.9 Å². The fraction of sp³-hybridized carbons (Fsp3) is 0.692. The van der Waals surface area contributed by atoms with E-state index in [9.17, 15) is 9.90 Å². The summed E-state index contributed by atoms with van der Waals surface area (Å²) in [5.41, 5.74) is 9.77. The fourth-order valence-corrected chi connectivity index (χ4v) is 2.26. The number of nitrogens with one attached hydrogen (secondary N) is 1. The lowest BCUT2D eigenvalue weighted by atomic mass is 9.78. The zero-order chi connectivity index (χ0) is 21.1. The summed E-state index contributed by atoms with van der Waals surface area (Å²) in [5.74, 6) is -3.35. The smallest absolute Gasteiger partial charge is 0.451 e. The number of nitrogens with zero attached hydrogens (tertiary/aromatic N) is 1. The van der Waals surface area contributed by atoms with Gasteiger partial charge in [0.2, 0.25) is 0 Å². The van der Waals surface area contributed by atoms with Gasteiger partial charge in [-0.25, -0.2) is 0 Å². The van der Waals surface area contributed by atoms with Crippen LogP contribution in [0.5, 0.6) is 0 Å². The predicted octanol–water partition coefficient (Wildman–Crippen LogP) is -1.97. The summed E-state index contributed by atoms with van der Waals surface area (Å²) in [6.45, 7) is 2.48. The second-order valence-electron chi connectivity index (χ2n) is 5.76. The third kappa shape index (κ3) is 11.2. The van der Waals surface area contributed by atoms with Crippen LogP contribution >= 0.6 is 0 Å². The third-order valence-electron chi connectivity index (χ3n) is 3.38. The van der Waals surface area contributed by atoms with Crippen molar-refractivity contribution in [3.05, 3.63) is 0 Å². The van der Waals surface area contributed by atoms with Gasteiger partial charge in [0.1, 0.15) is 5.54 Å². The number of carboxylic acids is 3. The maximum atomic E-state index is 11.2. The van der Waals surface area contributed by atoms with E-state index in [2.05, 4.69) is 0 Å². The summed E-state index contributed by atoms with van der Waals surface area (Å²) in [6.07, 6.45) is 1.08. The number of nitrogens with two attached hydrogens (primary N) is 2. The van der Waals surface area contributed by atoms with E-state index in [0.717, 1.165) is 13.8 Å².